The molecule has 0 atom stereocenters. The van der Waals surface area contributed by atoms with Crippen LogP contribution in [0.25, 0.3) is 0 Å². The molecule has 1 saturated carbocycles. The number of anilines is 1. The third-order valence-electron chi connectivity index (χ3n) is 2.66. The molecule has 16 heavy (non-hydrogen) atoms. The first-order valence-corrected chi connectivity index (χ1v) is 7.31. The number of nitrogens with one attached hydrogen (secondary N) is 1. The zero-order chi connectivity index (χ0) is 11.8. The van der Waals surface area contributed by atoms with Crippen molar-refractivity contribution < 1.29 is 4.79 Å². The number of aromatic nitrogens is 2. The Kier molecular flexibility index (Phi) is 3.21. The third kappa shape index (κ3) is 2.22. The van der Waals surface area contributed by atoms with E-state index < -0.39 is 0 Å². The van der Waals surface area contributed by atoms with Gasteiger partial charge in [0, 0.05) is 5.92 Å². The number of carbonyl (C=O) groups is 1. The second-order valence-corrected chi connectivity index (χ2v) is 6.45. The van der Waals surface area contributed by atoms with Gasteiger partial charge in [0.2, 0.25) is 11.0 Å². The first-order chi connectivity index (χ1) is 7.57. The van der Waals surface area contributed by atoms with E-state index in [0.29, 0.717) is 11.0 Å². The van der Waals surface area contributed by atoms with Crippen molar-refractivity contribution in [3.8, 4) is 0 Å². The molecule has 1 aromatic heterocycles. The van der Waals surface area contributed by atoms with E-state index >= 15 is 0 Å². The van der Waals surface area contributed by atoms with Crippen molar-refractivity contribution in [1.29, 1.82) is 0 Å². The van der Waals surface area contributed by atoms with Crippen LogP contribution in [0.4, 0.5) is 5.13 Å². The Morgan fingerprint density at radius 2 is 2.19 bits per heavy atom. The fourth-order valence-corrected chi connectivity index (χ4v) is 2.85. The Hall–Kier alpha value is -0.620. The fraction of sp³-hybridized carbons (Fsp3) is 0.700. The van der Waals surface area contributed by atoms with Crippen LogP contribution in [0.2, 0.25) is 0 Å². The standard InChI is InChI=1S/C10H15N3OS2/c1-6(2)7-12-13-9(16-7)11-8(14)10(15-3)4-5-10/h6H,4-5H2,1-3H3,(H,11,13,14). The van der Waals surface area contributed by atoms with E-state index in [0.717, 1.165) is 17.8 Å². The minimum absolute atomic E-state index is 0.0754. The van der Waals surface area contributed by atoms with Gasteiger partial charge in [-0.05, 0) is 19.1 Å². The molecule has 1 fully saturated rings. The Bertz CT molecular complexity index is 399. The monoisotopic (exact) mass is 257 g/mol. The highest BCUT2D eigenvalue weighted by atomic mass is 32.2. The van der Waals surface area contributed by atoms with Crippen molar-refractivity contribution >= 4 is 34.1 Å². The molecule has 6 heteroatoms. The number of carbonyl (C=O) groups excluding carboxylic acids is 1. The lowest BCUT2D eigenvalue weighted by Gasteiger charge is -2.09. The van der Waals surface area contributed by atoms with Gasteiger partial charge < -0.3 is 0 Å². The molecule has 0 saturated heterocycles. The highest BCUT2D eigenvalue weighted by Gasteiger charge is 2.49. The average molecular weight is 257 g/mol. The van der Waals surface area contributed by atoms with Gasteiger partial charge in [0.05, 0.1) is 4.75 Å². The molecule has 0 aromatic carbocycles. The largest absolute Gasteiger partial charge is 0.299 e. The Morgan fingerprint density at radius 3 is 2.62 bits per heavy atom. The van der Waals surface area contributed by atoms with Crippen LogP contribution >= 0.6 is 23.1 Å². The number of nitrogens with zero attached hydrogens (tertiary/aromatic N) is 2. The summed E-state index contributed by atoms with van der Waals surface area (Å²) in [7, 11) is 0. The number of hydrogen-bond acceptors (Lipinski definition) is 5. The first kappa shape index (κ1) is 11.9. The van der Waals surface area contributed by atoms with Gasteiger partial charge in [-0.15, -0.1) is 22.0 Å². The van der Waals surface area contributed by atoms with Crippen molar-refractivity contribution in [3.63, 3.8) is 0 Å². The van der Waals surface area contributed by atoms with Crippen LogP contribution in [0, 0.1) is 0 Å². The molecule has 1 aromatic rings. The van der Waals surface area contributed by atoms with E-state index in [-0.39, 0.29) is 10.7 Å². The molecule has 1 aliphatic rings. The molecular formula is C10H15N3OS2. The van der Waals surface area contributed by atoms with Gasteiger partial charge in [-0.3, -0.25) is 10.1 Å². The SMILES string of the molecule is CSC1(C(=O)Nc2nnc(C(C)C)s2)CC1. The summed E-state index contributed by atoms with van der Waals surface area (Å²) in [5.74, 6) is 0.435. The fourth-order valence-electron chi connectivity index (χ4n) is 1.37. The Balaban J connectivity index is 2.01. The lowest BCUT2D eigenvalue weighted by molar-refractivity contribution is -0.116. The van der Waals surface area contributed by atoms with Gasteiger partial charge in [-0.1, -0.05) is 25.2 Å². The second-order valence-electron chi connectivity index (χ2n) is 4.25. The van der Waals surface area contributed by atoms with Gasteiger partial charge in [0.15, 0.2) is 0 Å². The van der Waals surface area contributed by atoms with E-state index in [4.69, 9.17) is 0 Å². The maximum atomic E-state index is 11.9. The zero-order valence-electron chi connectivity index (χ0n) is 9.61. The highest BCUT2D eigenvalue weighted by molar-refractivity contribution is 8.01. The van der Waals surface area contributed by atoms with Crippen LogP contribution in [0.5, 0.6) is 0 Å². The summed E-state index contributed by atoms with van der Waals surface area (Å²) in [5, 5.41) is 12.5. The summed E-state index contributed by atoms with van der Waals surface area (Å²) < 4.78 is -0.191. The van der Waals surface area contributed by atoms with E-state index in [2.05, 4.69) is 29.4 Å². The van der Waals surface area contributed by atoms with Crippen LogP contribution in [-0.2, 0) is 4.79 Å². The minimum atomic E-state index is -0.191. The minimum Gasteiger partial charge on any atom is -0.299 e. The molecule has 1 heterocycles. The molecule has 4 nitrogen and oxygen atoms in total. The predicted octanol–water partition coefficient (Wildman–Crippen LogP) is 2.50. The predicted molar refractivity (Wildman–Crippen MR) is 68.1 cm³/mol. The summed E-state index contributed by atoms with van der Waals surface area (Å²) in [6, 6.07) is 0. The molecular weight excluding hydrogens is 242 g/mol. The normalized spacial score (nSPS) is 17.5. The Labute approximate surface area is 103 Å². The second kappa shape index (κ2) is 4.33. The van der Waals surface area contributed by atoms with Crippen LogP contribution in [0.1, 0.15) is 37.6 Å². The maximum absolute atomic E-state index is 11.9. The first-order valence-electron chi connectivity index (χ1n) is 5.27. The van der Waals surface area contributed by atoms with Gasteiger partial charge >= 0.3 is 0 Å². The topological polar surface area (TPSA) is 54.9 Å². The van der Waals surface area contributed by atoms with Crippen molar-refractivity contribution in [3.05, 3.63) is 5.01 Å². The molecule has 1 aliphatic carbocycles. The molecule has 0 radical (unpaired) electrons. The van der Waals surface area contributed by atoms with E-state index in [9.17, 15) is 4.79 Å². The summed E-state index contributed by atoms with van der Waals surface area (Å²) in [6.45, 7) is 4.13. The van der Waals surface area contributed by atoms with E-state index in [1.54, 1.807) is 11.8 Å². The maximum Gasteiger partial charge on any atom is 0.242 e. The number of hydrogen-bond donors (Lipinski definition) is 1. The molecule has 1 N–H and O–H groups in total. The van der Waals surface area contributed by atoms with Crippen molar-refractivity contribution in [2.75, 3.05) is 11.6 Å². The van der Waals surface area contributed by atoms with E-state index in [1.165, 1.54) is 11.3 Å². The molecule has 2 rings (SSSR count). The molecule has 0 aliphatic heterocycles. The van der Waals surface area contributed by atoms with Crippen molar-refractivity contribution in [1.82, 2.24) is 10.2 Å². The lowest BCUT2D eigenvalue weighted by atomic mass is 10.2. The average Bonchev–Trinajstić information content (AvgIpc) is 2.92. The summed E-state index contributed by atoms with van der Waals surface area (Å²) in [5.41, 5.74) is 0. The summed E-state index contributed by atoms with van der Waals surface area (Å²) >= 11 is 3.08. The molecule has 0 bridgehead atoms. The van der Waals surface area contributed by atoms with Gasteiger partial charge in [0.25, 0.3) is 0 Å². The van der Waals surface area contributed by atoms with Gasteiger partial charge in [0.1, 0.15) is 5.01 Å². The van der Waals surface area contributed by atoms with Gasteiger partial charge in [-0.25, -0.2) is 0 Å². The number of thioether (sulfide) groups is 1. The molecule has 88 valence electrons. The Morgan fingerprint density at radius 1 is 1.50 bits per heavy atom. The van der Waals surface area contributed by atoms with Crippen LogP contribution in [0.15, 0.2) is 0 Å². The molecule has 0 spiro atoms. The van der Waals surface area contributed by atoms with Crippen LogP contribution in [0.3, 0.4) is 0 Å². The quantitative estimate of drug-likeness (QED) is 0.900. The van der Waals surface area contributed by atoms with Crippen LogP contribution < -0.4 is 5.32 Å². The van der Waals surface area contributed by atoms with E-state index in [1.807, 2.05) is 6.26 Å². The van der Waals surface area contributed by atoms with Gasteiger partial charge in [-0.2, -0.15) is 0 Å². The number of rotatable bonds is 4. The molecule has 0 unspecified atom stereocenters. The smallest absolute Gasteiger partial charge is 0.242 e. The number of amides is 1. The lowest BCUT2D eigenvalue weighted by Crippen LogP contribution is -2.26. The zero-order valence-corrected chi connectivity index (χ0v) is 11.2. The van der Waals surface area contributed by atoms with Crippen LogP contribution in [-0.4, -0.2) is 27.1 Å². The third-order valence-corrected chi connectivity index (χ3v) is 5.18. The highest BCUT2D eigenvalue weighted by Crippen LogP contribution is 2.48. The van der Waals surface area contributed by atoms with Crippen molar-refractivity contribution in [2.45, 2.75) is 37.4 Å². The molecule has 1 amide bonds. The van der Waals surface area contributed by atoms with Crippen molar-refractivity contribution in [2.24, 2.45) is 0 Å². The summed E-state index contributed by atoms with van der Waals surface area (Å²) in [6.07, 6.45) is 3.91. The summed E-state index contributed by atoms with van der Waals surface area (Å²) in [4.78, 5) is 11.9.